The molecule has 1 aliphatic heterocycles. The van der Waals surface area contributed by atoms with Gasteiger partial charge in [0.1, 0.15) is 6.10 Å². The summed E-state index contributed by atoms with van der Waals surface area (Å²) in [5.41, 5.74) is 0. The molecule has 0 spiro atoms. The van der Waals surface area contributed by atoms with E-state index in [1.54, 1.807) is 4.90 Å². The van der Waals surface area contributed by atoms with E-state index in [4.69, 9.17) is 9.84 Å². The second-order valence-corrected chi connectivity index (χ2v) is 5.26. The standard InChI is InChI=1S/C13H22N2O4/c16-12(17)5-6-14-7-9-15(10-8-14)13(18)19-11-3-1-2-4-11/h11H,1-10H2,(H,16,17). The van der Waals surface area contributed by atoms with Crippen molar-refractivity contribution in [2.24, 2.45) is 0 Å². The molecule has 2 aliphatic rings. The fourth-order valence-electron chi connectivity index (χ4n) is 2.63. The molecule has 1 saturated carbocycles. The Balaban J connectivity index is 1.67. The molecule has 1 aliphatic carbocycles. The summed E-state index contributed by atoms with van der Waals surface area (Å²) in [6.07, 6.45) is 4.35. The number of piperazine rings is 1. The van der Waals surface area contributed by atoms with E-state index < -0.39 is 5.97 Å². The zero-order chi connectivity index (χ0) is 13.7. The Morgan fingerprint density at radius 2 is 1.74 bits per heavy atom. The van der Waals surface area contributed by atoms with Crippen molar-refractivity contribution in [1.82, 2.24) is 9.80 Å². The highest BCUT2D eigenvalue weighted by molar-refractivity contribution is 5.68. The number of rotatable bonds is 4. The molecule has 0 unspecified atom stereocenters. The Kier molecular flexibility index (Phi) is 5.01. The number of aliphatic carboxylic acids is 1. The highest BCUT2D eigenvalue weighted by Gasteiger charge is 2.26. The summed E-state index contributed by atoms with van der Waals surface area (Å²) in [6, 6.07) is 0. The van der Waals surface area contributed by atoms with Gasteiger partial charge in [-0.05, 0) is 25.7 Å². The quantitative estimate of drug-likeness (QED) is 0.830. The van der Waals surface area contributed by atoms with Gasteiger partial charge in [-0.25, -0.2) is 4.79 Å². The van der Waals surface area contributed by atoms with Crippen LogP contribution in [-0.2, 0) is 9.53 Å². The lowest BCUT2D eigenvalue weighted by atomic mass is 10.3. The summed E-state index contributed by atoms with van der Waals surface area (Å²) in [7, 11) is 0. The van der Waals surface area contributed by atoms with E-state index in [2.05, 4.69) is 4.90 Å². The van der Waals surface area contributed by atoms with Crippen LogP contribution in [0.5, 0.6) is 0 Å². The summed E-state index contributed by atoms with van der Waals surface area (Å²) in [4.78, 5) is 26.2. The molecule has 6 nitrogen and oxygen atoms in total. The van der Waals surface area contributed by atoms with Crippen molar-refractivity contribution in [2.75, 3.05) is 32.7 Å². The summed E-state index contributed by atoms with van der Waals surface area (Å²) in [6.45, 7) is 3.28. The zero-order valence-corrected chi connectivity index (χ0v) is 11.2. The summed E-state index contributed by atoms with van der Waals surface area (Å²) >= 11 is 0. The molecule has 0 atom stereocenters. The number of carbonyl (C=O) groups is 2. The molecule has 1 N–H and O–H groups in total. The van der Waals surface area contributed by atoms with Crippen LogP contribution in [-0.4, -0.2) is 65.8 Å². The van der Waals surface area contributed by atoms with Gasteiger partial charge in [-0.15, -0.1) is 0 Å². The zero-order valence-electron chi connectivity index (χ0n) is 11.2. The Morgan fingerprint density at radius 3 is 2.32 bits per heavy atom. The summed E-state index contributed by atoms with van der Waals surface area (Å²) in [5.74, 6) is -0.775. The highest BCUT2D eigenvalue weighted by Crippen LogP contribution is 2.21. The van der Waals surface area contributed by atoms with Gasteiger partial charge in [-0.3, -0.25) is 9.69 Å². The maximum Gasteiger partial charge on any atom is 0.410 e. The maximum absolute atomic E-state index is 11.9. The van der Waals surface area contributed by atoms with E-state index in [-0.39, 0.29) is 18.6 Å². The van der Waals surface area contributed by atoms with Crippen LogP contribution in [0.4, 0.5) is 4.79 Å². The first-order valence-corrected chi connectivity index (χ1v) is 7.05. The molecule has 108 valence electrons. The van der Waals surface area contributed by atoms with Crippen molar-refractivity contribution in [1.29, 1.82) is 0 Å². The van der Waals surface area contributed by atoms with Crippen LogP contribution in [0.1, 0.15) is 32.1 Å². The van der Waals surface area contributed by atoms with Gasteiger partial charge in [-0.1, -0.05) is 0 Å². The van der Waals surface area contributed by atoms with E-state index in [0.29, 0.717) is 19.6 Å². The van der Waals surface area contributed by atoms with Gasteiger partial charge in [-0.2, -0.15) is 0 Å². The van der Waals surface area contributed by atoms with Crippen molar-refractivity contribution in [2.45, 2.75) is 38.2 Å². The van der Waals surface area contributed by atoms with Crippen LogP contribution in [0.3, 0.4) is 0 Å². The summed E-state index contributed by atoms with van der Waals surface area (Å²) in [5, 5.41) is 8.63. The maximum atomic E-state index is 11.9. The van der Waals surface area contributed by atoms with Crippen LogP contribution >= 0.6 is 0 Å². The molecule has 1 amide bonds. The number of carbonyl (C=O) groups excluding carboxylic acids is 1. The van der Waals surface area contributed by atoms with E-state index >= 15 is 0 Å². The third kappa shape index (κ3) is 4.38. The van der Waals surface area contributed by atoms with E-state index in [9.17, 15) is 9.59 Å². The molecular weight excluding hydrogens is 248 g/mol. The molecular formula is C13H22N2O4. The molecule has 0 aromatic carbocycles. The predicted molar refractivity (Wildman–Crippen MR) is 69.0 cm³/mol. The number of amides is 1. The number of carboxylic acid groups (broad SMARTS) is 1. The summed E-state index contributed by atoms with van der Waals surface area (Å²) < 4.78 is 5.46. The molecule has 0 bridgehead atoms. The van der Waals surface area contributed by atoms with Gasteiger partial charge in [0.2, 0.25) is 0 Å². The monoisotopic (exact) mass is 270 g/mol. The number of carboxylic acids is 1. The normalized spacial score (nSPS) is 21.6. The largest absolute Gasteiger partial charge is 0.481 e. The van der Waals surface area contributed by atoms with Gasteiger partial charge in [0.05, 0.1) is 6.42 Å². The first-order chi connectivity index (χ1) is 9.15. The highest BCUT2D eigenvalue weighted by atomic mass is 16.6. The number of hydrogen-bond acceptors (Lipinski definition) is 4. The Hall–Kier alpha value is -1.30. The molecule has 2 rings (SSSR count). The molecule has 2 fully saturated rings. The first kappa shape index (κ1) is 14.1. The lowest BCUT2D eigenvalue weighted by Gasteiger charge is -2.34. The van der Waals surface area contributed by atoms with Gasteiger partial charge in [0.25, 0.3) is 0 Å². The minimum atomic E-state index is -0.775. The van der Waals surface area contributed by atoms with Crippen molar-refractivity contribution in [3.8, 4) is 0 Å². The molecule has 6 heteroatoms. The Labute approximate surface area is 113 Å². The lowest BCUT2D eigenvalue weighted by molar-refractivity contribution is -0.137. The minimum Gasteiger partial charge on any atom is -0.481 e. The molecule has 1 heterocycles. The van der Waals surface area contributed by atoms with Crippen LogP contribution in [0.2, 0.25) is 0 Å². The van der Waals surface area contributed by atoms with Crippen LogP contribution in [0, 0.1) is 0 Å². The van der Waals surface area contributed by atoms with Crippen LogP contribution in [0.25, 0.3) is 0 Å². The van der Waals surface area contributed by atoms with Gasteiger partial charge >= 0.3 is 12.1 Å². The minimum absolute atomic E-state index is 0.109. The number of ether oxygens (including phenoxy) is 1. The fourth-order valence-corrected chi connectivity index (χ4v) is 2.63. The average Bonchev–Trinajstić information content (AvgIpc) is 2.89. The SMILES string of the molecule is O=C(O)CCN1CCN(C(=O)OC2CCCC2)CC1. The predicted octanol–water partition coefficient (Wildman–Crippen LogP) is 1.16. The van der Waals surface area contributed by atoms with Gasteiger partial charge in [0.15, 0.2) is 0 Å². The topological polar surface area (TPSA) is 70.1 Å². The van der Waals surface area contributed by atoms with Gasteiger partial charge < -0.3 is 14.7 Å². The third-order valence-electron chi connectivity index (χ3n) is 3.84. The van der Waals surface area contributed by atoms with Crippen molar-refractivity contribution in [3.63, 3.8) is 0 Å². The fraction of sp³-hybridized carbons (Fsp3) is 0.846. The Morgan fingerprint density at radius 1 is 1.11 bits per heavy atom. The Bertz CT molecular complexity index is 321. The van der Waals surface area contributed by atoms with Crippen LogP contribution in [0.15, 0.2) is 0 Å². The van der Waals surface area contributed by atoms with Crippen molar-refractivity contribution in [3.05, 3.63) is 0 Å². The molecule has 0 radical (unpaired) electrons. The molecule has 19 heavy (non-hydrogen) atoms. The van der Waals surface area contributed by atoms with E-state index in [1.165, 1.54) is 0 Å². The number of hydrogen-bond donors (Lipinski definition) is 1. The first-order valence-electron chi connectivity index (χ1n) is 7.05. The van der Waals surface area contributed by atoms with E-state index in [1.807, 2.05) is 0 Å². The third-order valence-corrected chi connectivity index (χ3v) is 3.84. The van der Waals surface area contributed by atoms with Crippen molar-refractivity contribution >= 4 is 12.1 Å². The molecule has 0 aromatic rings. The smallest absolute Gasteiger partial charge is 0.410 e. The second kappa shape index (κ2) is 6.75. The van der Waals surface area contributed by atoms with E-state index in [0.717, 1.165) is 38.8 Å². The average molecular weight is 270 g/mol. The number of nitrogens with zero attached hydrogens (tertiary/aromatic N) is 2. The second-order valence-electron chi connectivity index (χ2n) is 5.26. The van der Waals surface area contributed by atoms with Crippen molar-refractivity contribution < 1.29 is 19.4 Å². The van der Waals surface area contributed by atoms with Gasteiger partial charge in [0, 0.05) is 32.7 Å². The lowest BCUT2D eigenvalue weighted by Crippen LogP contribution is -2.49. The van der Waals surface area contributed by atoms with Crippen LogP contribution < -0.4 is 0 Å². The molecule has 1 saturated heterocycles. The molecule has 0 aromatic heterocycles.